The highest BCUT2D eigenvalue weighted by Crippen LogP contribution is 2.36. The molecule has 0 aliphatic carbocycles. The van der Waals surface area contributed by atoms with Crippen molar-refractivity contribution < 1.29 is 1.43 Å². The molecule has 1 aliphatic heterocycles. The van der Waals surface area contributed by atoms with E-state index in [1.807, 2.05) is 0 Å². The van der Waals surface area contributed by atoms with E-state index in [0.717, 1.165) is 5.92 Å². The summed E-state index contributed by atoms with van der Waals surface area (Å²) in [6.07, 6.45) is 2.71. The van der Waals surface area contributed by atoms with Crippen molar-refractivity contribution in [2.24, 2.45) is 11.3 Å². The quantitative estimate of drug-likeness (QED) is 0.625. The summed E-state index contributed by atoms with van der Waals surface area (Å²) < 4.78 is 0. The van der Waals surface area contributed by atoms with Crippen LogP contribution < -0.4 is 5.32 Å². The molecule has 62 valence electrons. The van der Waals surface area contributed by atoms with Crippen molar-refractivity contribution in [1.29, 1.82) is 0 Å². The van der Waals surface area contributed by atoms with Crippen LogP contribution in [0, 0.1) is 11.3 Å². The molecule has 1 fully saturated rings. The maximum absolute atomic E-state index is 3.45. The highest BCUT2D eigenvalue weighted by Gasteiger charge is 2.34. The maximum Gasteiger partial charge on any atom is 0.00106 e. The van der Waals surface area contributed by atoms with Gasteiger partial charge < -0.3 is 5.32 Å². The van der Waals surface area contributed by atoms with E-state index < -0.39 is 0 Å². The first-order valence-corrected chi connectivity index (χ1v) is 4.42. The number of hydrogen-bond donors (Lipinski definition) is 1. The van der Waals surface area contributed by atoms with Crippen molar-refractivity contribution in [2.75, 3.05) is 13.1 Å². The lowest BCUT2D eigenvalue weighted by atomic mass is 9.74. The van der Waals surface area contributed by atoms with Crippen LogP contribution in [0.5, 0.6) is 0 Å². The molecule has 0 aromatic heterocycles. The molecular weight excluding hydrogens is 122 g/mol. The zero-order valence-corrected chi connectivity index (χ0v) is 7.41. The second-order valence-electron chi connectivity index (χ2n) is 3.80. The number of rotatable bonds is 2. The van der Waals surface area contributed by atoms with Crippen molar-refractivity contribution in [2.45, 2.75) is 33.6 Å². The molecule has 0 aromatic rings. The molecule has 0 radical (unpaired) electrons. The molecule has 0 spiro atoms. The highest BCUT2D eigenvalue weighted by molar-refractivity contribution is 4.88. The van der Waals surface area contributed by atoms with Gasteiger partial charge in [0.05, 0.1) is 0 Å². The lowest BCUT2D eigenvalue weighted by Crippen LogP contribution is -2.28. The second kappa shape index (κ2) is 2.91. The molecule has 1 heteroatoms. The van der Waals surface area contributed by atoms with Crippen LogP contribution in [-0.2, 0) is 0 Å². The van der Waals surface area contributed by atoms with Crippen LogP contribution in [0.3, 0.4) is 0 Å². The molecule has 0 saturated carbocycles. The van der Waals surface area contributed by atoms with Crippen LogP contribution in [0.2, 0.25) is 0 Å². The minimum atomic E-state index is 0. The van der Waals surface area contributed by atoms with Crippen LogP contribution in [0.15, 0.2) is 0 Å². The monoisotopic (exact) mass is 143 g/mol. The Balaban J connectivity index is 0.000001000. The van der Waals surface area contributed by atoms with Gasteiger partial charge in [-0.2, -0.15) is 0 Å². The van der Waals surface area contributed by atoms with E-state index in [4.69, 9.17) is 0 Å². The lowest BCUT2D eigenvalue weighted by molar-refractivity contribution is 0.209. The van der Waals surface area contributed by atoms with Crippen LogP contribution in [0.4, 0.5) is 0 Å². The number of hydrogen-bond acceptors (Lipinski definition) is 1. The van der Waals surface area contributed by atoms with Gasteiger partial charge in [-0.05, 0) is 30.7 Å². The number of nitrogens with one attached hydrogen (secondary N) is 1. The van der Waals surface area contributed by atoms with Gasteiger partial charge in [0.1, 0.15) is 0 Å². The summed E-state index contributed by atoms with van der Waals surface area (Å²) in [6.45, 7) is 9.47. The Morgan fingerprint density at radius 3 is 2.50 bits per heavy atom. The summed E-state index contributed by atoms with van der Waals surface area (Å²) >= 11 is 0. The molecule has 1 heterocycles. The van der Waals surface area contributed by atoms with Gasteiger partial charge >= 0.3 is 0 Å². The molecule has 0 bridgehead atoms. The summed E-state index contributed by atoms with van der Waals surface area (Å²) in [4.78, 5) is 0. The third kappa shape index (κ3) is 1.20. The van der Waals surface area contributed by atoms with Gasteiger partial charge in [0.2, 0.25) is 0 Å². The van der Waals surface area contributed by atoms with E-state index in [1.165, 1.54) is 25.9 Å². The Bertz CT molecular complexity index is 106. The maximum atomic E-state index is 3.45. The minimum absolute atomic E-state index is 0. The summed E-state index contributed by atoms with van der Waals surface area (Å²) in [5.41, 5.74) is 0.625. The Hall–Kier alpha value is -0.0400. The van der Waals surface area contributed by atoms with Gasteiger partial charge in [-0.1, -0.05) is 20.8 Å². The van der Waals surface area contributed by atoms with Crippen LogP contribution in [0.1, 0.15) is 35.0 Å². The fourth-order valence-electron chi connectivity index (χ4n) is 1.97. The van der Waals surface area contributed by atoms with E-state index >= 15 is 0 Å². The third-order valence-electron chi connectivity index (χ3n) is 3.21. The lowest BCUT2D eigenvalue weighted by Gasteiger charge is -2.31. The molecule has 1 N–H and O–H groups in total. The van der Waals surface area contributed by atoms with Gasteiger partial charge in [-0.15, -0.1) is 0 Å². The van der Waals surface area contributed by atoms with Gasteiger partial charge in [0, 0.05) is 7.97 Å². The SMILES string of the molecule is CCC1(C(C)C)CCNC1.[HH]. The third-order valence-corrected chi connectivity index (χ3v) is 3.21. The average Bonchev–Trinajstić information content (AvgIpc) is 2.35. The van der Waals surface area contributed by atoms with E-state index in [-0.39, 0.29) is 1.43 Å². The average molecular weight is 143 g/mol. The Morgan fingerprint density at radius 2 is 2.30 bits per heavy atom. The molecule has 1 rings (SSSR count). The first kappa shape index (κ1) is 8.06. The Morgan fingerprint density at radius 1 is 1.60 bits per heavy atom. The topological polar surface area (TPSA) is 12.0 Å². The predicted octanol–water partition coefficient (Wildman–Crippen LogP) is 2.28. The zero-order valence-electron chi connectivity index (χ0n) is 7.41. The van der Waals surface area contributed by atoms with E-state index in [2.05, 4.69) is 26.1 Å². The summed E-state index contributed by atoms with van der Waals surface area (Å²) in [6, 6.07) is 0. The summed E-state index contributed by atoms with van der Waals surface area (Å²) in [5, 5.41) is 3.45. The van der Waals surface area contributed by atoms with Crippen LogP contribution in [-0.4, -0.2) is 13.1 Å². The van der Waals surface area contributed by atoms with Crippen molar-refractivity contribution in [1.82, 2.24) is 5.32 Å². The van der Waals surface area contributed by atoms with Gasteiger partial charge in [-0.25, -0.2) is 0 Å². The van der Waals surface area contributed by atoms with E-state index in [0.29, 0.717) is 5.41 Å². The minimum Gasteiger partial charge on any atom is -0.316 e. The van der Waals surface area contributed by atoms with Gasteiger partial charge in [-0.3, -0.25) is 0 Å². The molecule has 1 atom stereocenters. The van der Waals surface area contributed by atoms with Crippen molar-refractivity contribution in [3.63, 3.8) is 0 Å². The first-order valence-electron chi connectivity index (χ1n) is 4.42. The highest BCUT2D eigenvalue weighted by atomic mass is 14.9. The largest absolute Gasteiger partial charge is 0.316 e. The first-order chi connectivity index (χ1) is 4.71. The molecule has 0 aromatic carbocycles. The fourth-order valence-corrected chi connectivity index (χ4v) is 1.97. The van der Waals surface area contributed by atoms with Gasteiger partial charge in [0.25, 0.3) is 0 Å². The molecule has 1 nitrogen and oxygen atoms in total. The Labute approximate surface area is 65.7 Å². The van der Waals surface area contributed by atoms with Gasteiger partial charge in [0.15, 0.2) is 0 Å². The normalized spacial score (nSPS) is 33.6. The summed E-state index contributed by atoms with van der Waals surface area (Å²) in [5.74, 6) is 0.840. The molecule has 1 saturated heterocycles. The van der Waals surface area contributed by atoms with Crippen molar-refractivity contribution >= 4 is 0 Å². The zero-order chi connectivity index (χ0) is 7.61. The summed E-state index contributed by atoms with van der Waals surface area (Å²) in [7, 11) is 0. The molecule has 1 unspecified atom stereocenters. The van der Waals surface area contributed by atoms with Crippen LogP contribution in [0.25, 0.3) is 0 Å². The molecule has 0 amide bonds. The molecular formula is C9H21N. The van der Waals surface area contributed by atoms with E-state index in [1.54, 1.807) is 0 Å². The fraction of sp³-hybridized carbons (Fsp3) is 1.00. The van der Waals surface area contributed by atoms with Crippen LogP contribution >= 0.6 is 0 Å². The molecule has 10 heavy (non-hydrogen) atoms. The van der Waals surface area contributed by atoms with Crippen molar-refractivity contribution in [3.8, 4) is 0 Å². The Kier molecular flexibility index (Phi) is 2.35. The molecule has 1 aliphatic rings. The second-order valence-corrected chi connectivity index (χ2v) is 3.80. The van der Waals surface area contributed by atoms with Crippen molar-refractivity contribution in [3.05, 3.63) is 0 Å². The smallest absolute Gasteiger partial charge is 0.00106 e. The predicted molar refractivity (Wildman–Crippen MR) is 47.2 cm³/mol. The standard InChI is InChI=1S/C9H19N.H2/c1-4-9(8(2)3)5-6-10-7-9;/h8,10H,4-7H2,1-3H3;1H. The van der Waals surface area contributed by atoms with E-state index in [9.17, 15) is 0 Å².